The molecule has 0 bridgehead atoms. The van der Waals surface area contributed by atoms with E-state index in [1.807, 2.05) is 0 Å². The fourth-order valence-electron chi connectivity index (χ4n) is 0.171. The molecule has 1 N–H and O–H groups in total. The molecule has 0 aromatic carbocycles. The fraction of sp³-hybridized carbons (Fsp3) is 0. The molecule has 0 radical (unpaired) electrons. The zero-order chi connectivity index (χ0) is 4.41. The minimum absolute atomic E-state index is 0.380. The summed E-state index contributed by atoms with van der Waals surface area (Å²) in [5, 5.41) is 18.6. The first kappa shape index (κ1) is 3.38. The van der Waals surface area contributed by atoms with Crippen LogP contribution in [0.1, 0.15) is 0 Å². The van der Waals surface area contributed by atoms with Gasteiger partial charge < -0.3 is 5.21 Å². The highest BCUT2D eigenvalue weighted by molar-refractivity contribution is 5.43. The molecule has 0 amide bonds. The number of hydrogen-bond acceptors (Lipinski definition) is 4. The summed E-state index contributed by atoms with van der Waals surface area (Å²) < 4.78 is 0. The predicted octanol–water partition coefficient (Wildman–Crippen LogP) is -1.31. The SMILES string of the molecule is [O-][NH+]1C=NN=N1. The minimum atomic E-state index is -0.380. The van der Waals surface area contributed by atoms with E-state index in [-0.39, 0.29) is 5.17 Å². The second-order valence-electron chi connectivity index (χ2n) is 0.772. The molecule has 1 heterocycles. The molecule has 5 heteroatoms. The lowest BCUT2D eigenvalue weighted by molar-refractivity contribution is -0.748. The smallest absolute Gasteiger partial charge is 0.238 e. The van der Waals surface area contributed by atoms with E-state index in [9.17, 15) is 5.21 Å². The van der Waals surface area contributed by atoms with Crippen LogP contribution in [0, 0.1) is 5.21 Å². The van der Waals surface area contributed by atoms with Gasteiger partial charge in [-0.3, -0.25) is 0 Å². The highest BCUT2D eigenvalue weighted by Gasteiger charge is 1.89. The lowest BCUT2D eigenvalue weighted by atomic mass is 11.3. The summed E-state index contributed by atoms with van der Waals surface area (Å²) in [5.74, 6) is 0. The van der Waals surface area contributed by atoms with Crippen LogP contribution in [-0.2, 0) is 0 Å². The van der Waals surface area contributed by atoms with E-state index in [0.29, 0.717) is 0 Å². The number of nitrogens with one attached hydrogen (secondary N) is 1. The van der Waals surface area contributed by atoms with E-state index in [1.165, 1.54) is 0 Å². The van der Waals surface area contributed by atoms with Crippen molar-refractivity contribution in [3.05, 3.63) is 5.21 Å². The third-order valence-electron chi connectivity index (χ3n) is 0.363. The van der Waals surface area contributed by atoms with Crippen molar-refractivity contribution >= 4 is 6.34 Å². The predicted molar refractivity (Wildman–Crippen MR) is 17.7 cm³/mol. The topological polar surface area (TPSA) is 64.6 Å². The first-order valence-electron chi connectivity index (χ1n) is 1.37. The Bertz CT molecular complexity index is 83.7. The maximum Gasteiger partial charge on any atom is 0.238 e. The number of nitrogens with zero attached hydrogens (tertiary/aromatic N) is 3. The molecule has 32 valence electrons. The van der Waals surface area contributed by atoms with E-state index in [0.717, 1.165) is 6.34 Å². The van der Waals surface area contributed by atoms with Gasteiger partial charge in [-0.1, -0.05) is 5.10 Å². The summed E-state index contributed by atoms with van der Waals surface area (Å²) in [6.45, 7) is 0. The van der Waals surface area contributed by atoms with Gasteiger partial charge in [0.15, 0.2) is 0 Å². The maximum atomic E-state index is 9.83. The van der Waals surface area contributed by atoms with Crippen LogP contribution >= 0.6 is 0 Å². The first-order chi connectivity index (χ1) is 2.89. The van der Waals surface area contributed by atoms with Crippen molar-refractivity contribution in [2.24, 2.45) is 15.5 Å². The largest absolute Gasteiger partial charge is 0.599 e. The Kier molecular flexibility index (Phi) is 0.627. The summed E-state index contributed by atoms with van der Waals surface area (Å²) in [5.41, 5.74) is 0. The van der Waals surface area contributed by atoms with Gasteiger partial charge in [-0.2, -0.15) is 5.17 Å². The van der Waals surface area contributed by atoms with E-state index in [1.54, 1.807) is 0 Å². The van der Waals surface area contributed by atoms with Crippen molar-refractivity contribution in [2.45, 2.75) is 0 Å². The number of hydrogen-bond donors (Lipinski definition) is 1. The minimum Gasteiger partial charge on any atom is -0.599 e. The van der Waals surface area contributed by atoms with Gasteiger partial charge in [0.05, 0.1) is 5.22 Å². The average molecular weight is 86.1 g/mol. The van der Waals surface area contributed by atoms with Crippen LogP contribution in [-0.4, -0.2) is 6.34 Å². The molecule has 5 nitrogen and oxygen atoms in total. The molecule has 1 atom stereocenters. The molecule has 0 aromatic rings. The quantitative estimate of drug-likeness (QED) is 0.365. The normalized spacial score (nSPS) is 29.2. The molecule has 6 heavy (non-hydrogen) atoms. The number of hydroxylamine groups is 1. The van der Waals surface area contributed by atoms with E-state index in [2.05, 4.69) is 15.5 Å². The van der Waals surface area contributed by atoms with Crippen molar-refractivity contribution in [3.8, 4) is 0 Å². The summed E-state index contributed by atoms with van der Waals surface area (Å²) in [6, 6.07) is 0. The molecule has 0 fully saturated rings. The van der Waals surface area contributed by atoms with E-state index >= 15 is 0 Å². The van der Waals surface area contributed by atoms with Crippen molar-refractivity contribution in [1.82, 2.24) is 0 Å². The fourth-order valence-corrected chi connectivity index (χ4v) is 0.171. The lowest BCUT2D eigenvalue weighted by Crippen LogP contribution is -2.99. The highest BCUT2D eigenvalue weighted by Crippen LogP contribution is 1.68. The van der Waals surface area contributed by atoms with Gasteiger partial charge in [-0.05, 0) is 0 Å². The van der Waals surface area contributed by atoms with Gasteiger partial charge in [0.1, 0.15) is 0 Å². The summed E-state index contributed by atoms with van der Waals surface area (Å²) in [6.07, 6.45) is 1.06. The first-order valence-corrected chi connectivity index (χ1v) is 1.37. The molecule has 0 aliphatic carbocycles. The molecule has 1 aliphatic rings. The van der Waals surface area contributed by atoms with Crippen LogP contribution in [0.3, 0.4) is 0 Å². The zero-order valence-corrected chi connectivity index (χ0v) is 2.83. The second-order valence-corrected chi connectivity index (χ2v) is 0.772. The van der Waals surface area contributed by atoms with Crippen molar-refractivity contribution < 1.29 is 5.17 Å². The molecule has 0 aromatic heterocycles. The molecule has 0 spiro atoms. The van der Waals surface area contributed by atoms with E-state index in [4.69, 9.17) is 0 Å². The average Bonchev–Trinajstić information content (AvgIpc) is 1.86. The summed E-state index contributed by atoms with van der Waals surface area (Å²) in [7, 11) is 0. The molecule has 1 rings (SSSR count). The second kappa shape index (κ2) is 1.11. The molecule has 1 unspecified atom stereocenters. The van der Waals surface area contributed by atoms with Crippen LogP contribution in [0.15, 0.2) is 15.5 Å². The monoisotopic (exact) mass is 86.0 g/mol. The van der Waals surface area contributed by atoms with Crippen molar-refractivity contribution in [1.29, 1.82) is 0 Å². The van der Waals surface area contributed by atoms with Crippen LogP contribution in [0.4, 0.5) is 0 Å². The summed E-state index contributed by atoms with van der Waals surface area (Å²) >= 11 is 0. The van der Waals surface area contributed by atoms with Crippen LogP contribution < -0.4 is 5.17 Å². The molecule has 1 aliphatic heterocycles. The third-order valence-corrected chi connectivity index (χ3v) is 0.363. The van der Waals surface area contributed by atoms with E-state index < -0.39 is 0 Å². The Morgan fingerprint density at radius 2 is 2.50 bits per heavy atom. The van der Waals surface area contributed by atoms with Crippen molar-refractivity contribution in [2.75, 3.05) is 0 Å². The van der Waals surface area contributed by atoms with Crippen molar-refractivity contribution in [3.63, 3.8) is 0 Å². The zero-order valence-electron chi connectivity index (χ0n) is 2.83. The van der Waals surface area contributed by atoms with Crippen LogP contribution in [0.5, 0.6) is 0 Å². The molecular formula is CH2N4O. The summed E-state index contributed by atoms with van der Waals surface area (Å²) in [4.78, 5) is 0. The van der Waals surface area contributed by atoms with Gasteiger partial charge in [0, 0.05) is 5.22 Å². The maximum absolute atomic E-state index is 9.83. The van der Waals surface area contributed by atoms with Crippen LogP contribution in [0.2, 0.25) is 0 Å². The molecule has 0 saturated carbocycles. The van der Waals surface area contributed by atoms with Crippen LogP contribution in [0.25, 0.3) is 0 Å². The van der Waals surface area contributed by atoms with Gasteiger partial charge in [-0.25, -0.2) is 0 Å². The Balaban J connectivity index is 2.60. The Morgan fingerprint density at radius 1 is 1.67 bits per heavy atom. The van der Waals surface area contributed by atoms with Gasteiger partial charge in [-0.15, -0.1) is 0 Å². The Hall–Kier alpha value is -0.810. The lowest BCUT2D eigenvalue weighted by Gasteiger charge is -1.95. The molecule has 0 saturated heterocycles. The number of quaternary nitrogens is 1. The van der Waals surface area contributed by atoms with Gasteiger partial charge >= 0.3 is 0 Å². The highest BCUT2D eigenvalue weighted by atomic mass is 16.5. The molecular weight excluding hydrogens is 84.0 g/mol. The van der Waals surface area contributed by atoms with Gasteiger partial charge in [0.2, 0.25) is 6.34 Å². The Labute approximate surface area is 33.5 Å². The third kappa shape index (κ3) is 0.399. The Morgan fingerprint density at radius 3 is 2.67 bits per heavy atom. The number of rotatable bonds is 0. The van der Waals surface area contributed by atoms with Gasteiger partial charge in [0.25, 0.3) is 0 Å². The standard InChI is InChI=1S/CH2N4O/c6-5-1-2-3-4-5/h1,5H.